The summed E-state index contributed by atoms with van der Waals surface area (Å²) in [5.41, 5.74) is 2.05. The Bertz CT molecular complexity index is 441. The highest BCUT2D eigenvalue weighted by atomic mass is 16.4. The summed E-state index contributed by atoms with van der Waals surface area (Å²) in [4.78, 5) is 0. The Morgan fingerprint density at radius 2 is 2.22 bits per heavy atom. The predicted molar refractivity (Wildman–Crippen MR) is 72.8 cm³/mol. The Labute approximate surface area is 110 Å². The van der Waals surface area contributed by atoms with Gasteiger partial charge in [0.25, 0.3) is 0 Å². The van der Waals surface area contributed by atoms with Gasteiger partial charge in [0.05, 0.1) is 26.1 Å². The number of hydrogen-bond acceptors (Lipinski definition) is 3. The molecule has 0 heterocycles. The number of aliphatic hydroxyl groups excluding tert-OH is 1. The molecule has 3 nitrogen and oxygen atoms in total. The first kappa shape index (κ1) is 14.8. The Kier molecular flexibility index (Phi) is 5.46. The van der Waals surface area contributed by atoms with Gasteiger partial charge >= 0.3 is 7.48 Å². The second-order valence-electron chi connectivity index (χ2n) is 4.98. The number of rotatable bonds is 6. The molecule has 0 saturated carbocycles. The van der Waals surface area contributed by atoms with E-state index in [2.05, 4.69) is 6.07 Å². The molecular formula is C13H16B2NO2. The highest BCUT2D eigenvalue weighted by Crippen LogP contribution is 2.13. The van der Waals surface area contributed by atoms with Crippen molar-refractivity contribution in [3.05, 3.63) is 29.3 Å². The molecule has 5 heteroatoms. The van der Waals surface area contributed by atoms with Crippen LogP contribution in [0.3, 0.4) is 0 Å². The summed E-state index contributed by atoms with van der Waals surface area (Å²) in [7, 11) is 7.26. The van der Waals surface area contributed by atoms with E-state index in [0.29, 0.717) is 18.5 Å². The minimum Gasteiger partial charge on any atom is -0.434 e. The Balaban J connectivity index is 2.65. The van der Waals surface area contributed by atoms with E-state index < -0.39 is 0 Å². The molecule has 0 amide bonds. The van der Waals surface area contributed by atoms with Gasteiger partial charge in [0.15, 0.2) is 0 Å². The first-order valence-corrected chi connectivity index (χ1v) is 5.81. The molecule has 0 spiro atoms. The maximum Gasteiger partial charge on any atom is 0.330 e. The maximum absolute atomic E-state index is 9.11. The van der Waals surface area contributed by atoms with Crippen LogP contribution in [0.2, 0.25) is 0 Å². The van der Waals surface area contributed by atoms with E-state index in [9.17, 15) is 0 Å². The molecular weight excluding hydrogens is 224 g/mol. The van der Waals surface area contributed by atoms with Crippen LogP contribution in [0.5, 0.6) is 0 Å². The molecule has 0 unspecified atom stereocenters. The van der Waals surface area contributed by atoms with Crippen molar-refractivity contribution in [2.75, 3.05) is 13.2 Å². The molecule has 0 bridgehead atoms. The van der Waals surface area contributed by atoms with E-state index in [1.165, 1.54) is 0 Å². The standard InChI is InChI=1S/C13H16B2NO2/c1-13(2,8-17)9-18-15-12-4-3-10(7-16)5-11(12)6-14/h3-5,17H,6,8-9H2,1-2H3. The quantitative estimate of drug-likeness (QED) is 0.736. The van der Waals surface area contributed by atoms with Crippen molar-refractivity contribution < 1.29 is 9.76 Å². The second-order valence-corrected chi connectivity index (χ2v) is 4.98. The Hall–Kier alpha value is -1.24. The lowest BCUT2D eigenvalue weighted by Gasteiger charge is -2.21. The number of nitriles is 1. The molecule has 1 aromatic rings. The van der Waals surface area contributed by atoms with Crippen LogP contribution in [-0.2, 0) is 11.0 Å². The van der Waals surface area contributed by atoms with Crippen molar-refractivity contribution in [1.29, 1.82) is 5.26 Å². The van der Waals surface area contributed by atoms with E-state index in [1.807, 2.05) is 19.9 Å². The van der Waals surface area contributed by atoms with Crippen LogP contribution in [0.4, 0.5) is 0 Å². The van der Waals surface area contributed by atoms with Crippen LogP contribution in [0.1, 0.15) is 25.0 Å². The summed E-state index contributed by atoms with van der Waals surface area (Å²) >= 11 is 0. The van der Waals surface area contributed by atoms with E-state index in [1.54, 1.807) is 19.6 Å². The van der Waals surface area contributed by atoms with Gasteiger partial charge in [-0.25, -0.2) is 0 Å². The fourth-order valence-electron chi connectivity index (χ4n) is 1.37. The van der Waals surface area contributed by atoms with Gasteiger partial charge in [-0.15, -0.1) is 0 Å². The monoisotopic (exact) mass is 240 g/mol. The summed E-state index contributed by atoms with van der Waals surface area (Å²) in [5.74, 6) is 0. The van der Waals surface area contributed by atoms with Crippen molar-refractivity contribution in [2.24, 2.45) is 5.41 Å². The zero-order valence-corrected chi connectivity index (χ0v) is 10.8. The fraction of sp³-hybridized carbons (Fsp3) is 0.462. The van der Waals surface area contributed by atoms with Crippen LogP contribution < -0.4 is 5.46 Å². The third-order valence-electron chi connectivity index (χ3n) is 2.60. The SMILES string of the molecule is [B]Cc1cc(C#N)ccc1[B]OCC(C)(C)CO. The molecule has 18 heavy (non-hydrogen) atoms. The number of benzene rings is 1. The maximum atomic E-state index is 9.11. The van der Waals surface area contributed by atoms with E-state index in [0.717, 1.165) is 11.0 Å². The second kappa shape index (κ2) is 6.63. The third kappa shape index (κ3) is 4.21. The van der Waals surface area contributed by atoms with Gasteiger partial charge in [0.2, 0.25) is 0 Å². The van der Waals surface area contributed by atoms with E-state index >= 15 is 0 Å². The minimum absolute atomic E-state index is 0.0674. The van der Waals surface area contributed by atoms with Crippen molar-refractivity contribution in [3.8, 4) is 6.07 Å². The lowest BCUT2D eigenvalue weighted by atomic mass is 9.78. The van der Waals surface area contributed by atoms with Crippen LogP contribution in [-0.4, -0.2) is 33.6 Å². The zero-order valence-electron chi connectivity index (χ0n) is 10.8. The van der Waals surface area contributed by atoms with Crippen LogP contribution in [0.25, 0.3) is 0 Å². The van der Waals surface area contributed by atoms with Gasteiger partial charge in [0.1, 0.15) is 0 Å². The molecule has 0 atom stereocenters. The van der Waals surface area contributed by atoms with Gasteiger partial charge < -0.3 is 9.76 Å². The first-order chi connectivity index (χ1) is 8.52. The molecule has 0 aliphatic heterocycles. The van der Waals surface area contributed by atoms with Crippen molar-refractivity contribution in [1.82, 2.24) is 0 Å². The van der Waals surface area contributed by atoms with E-state index in [-0.39, 0.29) is 12.0 Å². The molecule has 3 radical (unpaired) electrons. The zero-order chi connectivity index (χ0) is 13.6. The molecule has 1 N–H and O–H groups in total. The summed E-state index contributed by atoms with van der Waals surface area (Å²) in [6.45, 7) is 4.33. The van der Waals surface area contributed by atoms with Gasteiger partial charge in [-0.05, 0) is 12.1 Å². The number of aliphatic hydroxyl groups is 1. The molecule has 0 aliphatic carbocycles. The van der Waals surface area contributed by atoms with Crippen LogP contribution >= 0.6 is 0 Å². The third-order valence-corrected chi connectivity index (χ3v) is 2.60. The minimum atomic E-state index is -0.272. The van der Waals surface area contributed by atoms with Crippen molar-refractivity contribution >= 4 is 20.8 Å². The molecule has 0 fully saturated rings. The van der Waals surface area contributed by atoms with Crippen molar-refractivity contribution in [2.45, 2.75) is 20.2 Å². The average molecular weight is 240 g/mol. The predicted octanol–water partition coefficient (Wildman–Crippen LogP) is 0.506. The van der Waals surface area contributed by atoms with Gasteiger partial charge in [-0.1, -0.05) is 37.3 Å². The summed E-state index contributed by atoms with van der Waals surface area (Å²) in [5, 5.41) is 17.9. The van der Waals surface area contributed by atoms with Crippen LogP contribution in [0.15, 0.2) is 18.2 Å². The largest absolute Gasteiger partial charge is 0.434 e. The first-order valence-electron chi connectivity index (χ1n) is 5.81. The normalized spacial score (nSPS) is 11.0. The summed E-state index contributed by atoms with van der Waals surface area (Å²) in [6.07, 6.45) is 0.355. The van der Waals surface area contributed by atoms with Crippen LogP contribution in [0, 0.1) is 16.7 Å². The highest BCUT2D eigenvalue weighted by Gasteiger charge is 2.17. The number of hydrogen-bond donors (Lipinski definition) is 1. The molecule has 1 rings (SSSR count). The molecule has 0 aliphatic rings. The number of nitrogens with zero attached hydrogens (tertiary/aromatic N) is 1. The molecule has 0 saturated heterocycles. The fourth-order valence-corrected chi connectivity index (χ4v) is 1.37. The van der Waals surface area contributed by atoms with Gasteiger partial charge in [0, 0.05) is 12.0 Å². The highest BCUT2D eigenvalue weighted by molar-refractivity contribution is 6.48. The Morgan fingerprint density at radius 3 is 2.78 bits per heavy atom. The lowest BCUT2D eigenvalue weighted by Crippen LogP contribution is -2.29. The molecule has 1 aromatic carbocycles. The van der Waals surface area contributed by atoms with Gasteiger partial charge in [-0.2, -0.15) is 5.26 Å². The van der Waals surface area contributed by atoms with Crippen molar-refractivity contribution in [3.63, 3.8) is 0 Å². The summed E-state index contributed by atoms with van der Waals surface area (Å²) < 4.78 is 5.47. The van der Waals surface area contributed by atoms with Gasteiger partial charge in [-0.3, -0.25) is 0 Å². The summed E-state index contributed by atoms with van der Waals surface area (Å²) in [6, 6.07) is 7.37. The lowest BCUT2D eigenvalue weighted by molar-refractivity contribution is 0.101. The molecule has 91 valence electrons. The average Bonchev–Trinajstić information content (AvgIpc) is 2.38. The Morgan fingerprint density at radius 1 is 1.50 bits per heavy atom. The smallest absolute Gasteiger partial charge is 0.330 e. The topological polar surface area (TPSA) is 53.2 Å². The molecule has 0 aromatic heterocycles. The van der Waals surface area contributed by atoms with E-state index in [4.69, 9.17) is 22.9 Å².